The number of rotatable bonds is 3. The van der Waals surface area contributed by atoms with E-state index in [4.69, 9.17) is 11.6 Å². The molecule has 0 aliphatic rings. The van der Waals surface area contributed by atoms with Crippen molar-refractivity contribution in [3.05, 3.63) is 67.9 Å². The van der Waals surface area contributed by atoms with E-state index in [1.807, 2.05) is 38.2 Å². The molecule has 3 rings (SSSR count). The molecule has 0 radical (unpaired) electrons. The molecule has 0 aliphatic heterocycles. The van der Waals surface area contributed by atoms with Crippen molar-refractivity contribution in [1.29, 1.82) is 0 Å². The fraction of sp³-hybridized carbons (Fsp3) is 0.222. The van der Waals surface area contributed by atoms with Crippen molar-refractivity contribution in [2.24, 2.45) is 7.05 Å². The van der Waals surface area contributed by atoms with E-state index in [-0.39, 0.29) is 16.9 Å². The molecule has 4 nitrogen and oxygen atoms in total. The largest absolute Gasteiger partial charge is 0.354 e. The van der Waals surface area contributed by atoms with Gasteiger partial charge in [0.1, 0.15) is 5.56 Å². The molecule has 0 saturated heterocycles. The van der Waals surface area contributed by atoms with Crippen molar-refractivity contribution in [1.82, 2.24) is 9.47 Å². The van der Waals surface area contributed by atoms with Gasteiger partial charge < -0.3 is 9.47 Å². The zero-order valence-electron chi connectivity index (χ0n) is 13.7. The van der Waals surface area contributed by atoms with Gasteiger partial charge in [-0.2, -0.15) is 0 Å². The zero-order chi connectivity index (χ0) is 17.4. The highest BCUT2D eigenvalue weighted by Gasteiger charge is 2.19. The van der Waals surface area contributed by atoms with Crippen molar-refractivity contribution in [2.75, 3.05) is 7.05 Å². The van der Waals surface area contributed by atoms with Gasteiger partial charge in [0.2, 0.25) is 0 Å². The van der Waals surface area contributed by atoms with E-state index in [2.05, 4.69) is 0 Å². The average molecular weight is 361 g/mol. The van der Waals surface area contributed by atoms with Crippen LogP contribution in [0.1, 0.15) is 20.9 Å². The average Bonchev–Trinajstić information content (AvgIpc) is 2.87. The van der Waals surface area contributed by atoms with Crippen LogP contribution >= 0.6 is 22.9 Å². The summed E-state index contributed by atoms with van der Waals surface area (Å²) in [6.45, 7) is 2.20. The first-order valence-corrected chi connectivity index (χ1v) is 8.66. The first-order valence-electron chi connectivity index (χ1n) is 7.47. The Morgan fingerprint density at radius 2 is 2.04 bits per heavy atom. The number of carbonyl (C=O) groups excluding carboxylic acids is 1. The van der Waals surface area contributed by atoms with Crippen molar-refractivity contribution >= 4 is 38.9 Å². The Bertz CT molecular complexity index is 990. The topological polar surface area (TPSA) is 42.3 Å². The van der Waals surface area contributed by atoms with E-state index in [1.54, 1.807) is 29.1 Å². The van der Waals surface area contributed by atoms with Crippen LogP contribution < -0.4 is 5.43 Å². The number of pyridine rings is 1. The Hall–Kier alpha value is -2.11. The van der Waals surface area contributed by atoms with Gasteiger partial charge in [-0.05, 0) is 13.0 Å². The molecule has 1 amide bonds. The third-order valence-corrected chi connectivity index (χ3v) is 5.74. The number of aryl methyl sites for hydroxylation is 2. The molecule has 0 aliphatic carbocycles. The highest BCUT2D eigenvalue weighted by molar-refractivity contribution is 7.19. The Labute approximate surface area is 148 Å². The summed E-state index contributed by atoms with van der Waals surface area (Å²) in [5, 5.41) is 1.67. The number of aromatic nitrogens is 1. The van der Waals surface area contributed by atoms with Gasteiger partial charge >= 0.3 is 0 Å². The van der Waals surface area contributed by atoms with E-state index in [1.165, 1.54) is 11.0 Å². The number of thiophene rings is 1. The van der Waals surface area contributed by atoms with Gasteiger partial charge in [-0.1, -0.05) is 29.8 Å². The molecular formula is C18H17ClN2O2S. The van der Waals surface area contributed by atoms with Gasteiger partial charge in [0, 0.05) is 47.0 Å². The SMILES string of the molecule is Cc1cc(=O)c(C(=O)N(C)Cc2sc3ccccc3c2Cl)cn1C. The van der Waals surface area contributed by atoms with Gasteiger partial charge in [-0.3, -0.25) is 9.59 Å². The van der Waals surface area contributed by atoms with E-state index >= 15 is 0 Å². The van der Waals surface area contributed by atoms with Crippen LogP contribution in [0.15, 0.2) is 41.3 Å². The predicted molar refractivity (Wildman–Crippen MR) is 99.1 cm³/mol. The van der Waals surface area contributed by atoms with Crippen molar-refractivity contribution < 1.29 is 4.79 Å². The third kappa shape index (κ3) is 2.97. The van der Waals surface area contributed by atoms with E-state index in [0.717, 1.165) is 20.7 Å². The molecular weight excluding hydrogens is 344 g/mol. The number of hydrogen-bond acceptors (Lipinski definition) is 3. The lowest BCUT2D eigenvalue weighted by Gasteiger charge is -2.17. The number of benzene rings is 1. The molecule has 2 aromatic heterocycles. The molecule has 0 bridgehead atoms. The molecule has 0 spiro atoms. The van der Waals surface area contributed by atoms with Gasteiger partial charge in [0.05, 0.1) is 11.6 Å². The zero-order valence-corrected chi connectivity index (χ0v) is 15.2. The monoisotopic (exact) mass is 360 g/mol. The van der Waals surface area contributed by atoms with Crippen LogP contribution in [-0.4, -0.2) is 22.4 Å². The molecule has 6 heteroatoms. The molecule has 0 fully saturated rings. The summed E-state index contributed by atoms with van der Waals surface area (Å²) in [5.74, 6) is -0.302. The number of halogens is 1. The maximum absolute atomic E-state index is 12.6. The summed E-state index contributed by atoms with van der Waals surface area (Å²) in [6, 6.07) is 9.36. The fourth-order valence-electron chi connectivity index (χ4n) is 2.55. The summed E-state index contributed by atoms with van der Waals surface area (Å²) in [5.41, 5.74) is 0.722. The molecule has 2 heterocycles. The number of carbonyl (C=O) groups is 1. The standard InChI is InChI=1S/C18H17ClN2O2S/c1-11-8-14(22)13(9-20(11)2)18(23)21(3)10-16-17(19)12-6-4-5-7-15(12)24-16/h4-9H,10H2,1-3H3. The van der Waals surface area contributed by atoms with Crippen molar-refractivity contribution in [3.8, 4) is 0 Å². The van der Waals surface area contributed by atoms with Crippen molar-refractivity contribution in [2.45, 2.75) is 13.5 Å². The second-order valence-electron chi connectivity index (χ2n) is 5.80. The van der Waals surface area contributed by atoms with Crippen LogP contribution in [0.2, 0.25) is 5.02 Å². The first-order chi connectivity index (χ1) is 11.4. The minimum atomic E-state index is -0.302. The third-order valence-electron chi connectivity index (χ3n) is 4.04. The Morgan fingerprint density at radius 1 is 1.33 bits per heavy atom. The molecule has 3 aromatic rings. The van der Waals surface area contributed by atoms with Crippen LogP contribution in [0, 0.1) is 6.92 Å². The minimum Gasteiger partial charge on any atom is -0.354 e. The molecule has 1 aromatic carbocycles. The van der Waals surface area contributed by atoms with Crippen LogP contribution in [0.3, 0.4) is 0 Å². The highest BCUT2D eigenvalue weighted by atomic mass is 35.5. The summed E-state index contributed by atoms with van der Waals surface area (Å²) in [6.07, 6.45) is 1.59. The smallest absolute Gasteiger partial charge is 0.259 e. The highest BCUT2D eigenvalue weighted by Crippen LogP contribution is 2.35. The van der Waals surface area contributed by atoms with Crippen LogP contribution in [0.5, 0.6) is 0 Å². The molecule has 0 unspecified atom stereocenters. The lowest BCUT2D eigenvalue weighted by Crippen LogP contribution is -2.31. The maximum Gasteiger partial charge on any atom is 0.259 e. The molecule has 0 N–H and O–H groups in total. The maximum atomic E-state index is 12.6. The normalized spacial score (nSPS) is 11.0. The van der Waals surface area contributed by atoms with Crippen LogP contribution in [0.4, 0.5) is 0 Å². The summed E-state index contributed by atoms with van der Waals surface area (Å²) in [4.78, 5) is 27.2. The van der Waals surface area contributed by atoms with E-state index in [0.29, 0.717) is 11.6 Å². The molecule has 0 atom stereocenters. The Morgan fingerprint density at radius 3 is 2.75 bits per heavy atom. The quantitative estimate of drug-likeness (QED) is 0.712. The lowest BCUT2D eigenvalue weighted by atomic mass is 10.2. The lowest BCUT2D eigenvalue weighted by molar-refractivity contribution is 0.0784. The summed E-state index contributed by atoms with van der Waals surface area (Å²) < 4.78 is 2.86. The second kappa shape index (κ2) is 6.42. The van der Waals surface area contributed by atoms with Crippen LogP contribution in [0.25, 0.3) is 10.1 Å². The van der Waals surface area contributed by atoms with Crippen LogP contribution in [-0.2, 0) is 13.6 Å². The predicted octanol–water partition coefficient (Wildman–Crippen LogP) is 3.83. The molecule has 124 valence electrons. The van der Waals surface area contributed by atoms with Gasteiger partial charge in [0.15, 0.2) is 5.43 Å². The second-order valence-corrected chi connectivity index (χ2v) is 7.31. The number of nitrogens with zero attached hydrogens (tertiary/aromatic N) is 2. The van der Waals surface area contributed by atoms with E-state index < -0.39 is 0 Å². The van der Waals surface area contributed by atoms with Crippen molar-refractivity contribution in [3.63, 3.8) is 0 Å². The number of hydrogen-bond donors (Lipinski definition) is 0. The summed E-state index contributed by atoms with van der Waals surface area (Å²) in [7, 11) is 3.50. The Balaban J connectivity index is 1.90. The van der Waals surface area contributed by atoms with Gasteiger partial charge in [-0.25, -0.2) is 0 Å². The number of fused-ring (bicyclic) bond motifs is 1. The Kier molecular flexibility index (Phi) is 4.47. The molecule has 24 heavy (non-hydrogen) atoms. The van der Waals surface area contributed by atoms with Gasteiger partial charge in [0.25, 0.3) is 5.91 Å². The van der Waals surface area contributed by atoms with Gasteiger partial charge in [-0.15, -0.1) is 11.3 Å². The first kappa shape index (κ1) is 16.7. The van der Waals surface area contributed by atoms with E-state index in [9.17, 15) is 9.59 Å². The molecule has 0 saturated carbocycles. The minimum absolute atomic E-state index is 0.169. The fourth-order valence-corrected chi connectivity index (χ4v) is 4.09. The number of amides is 1. The summed E-state index contributed by atoms with van der Waals surface area (Å²) >= 11 is 8.00.